The summed E-state index contributed by atoms with van der Waals surface area (Å²) in [6.07, 6.45) is 5.04. The van der Waals surface area contributed by atoms with Crippen molar-refractivity contribution in [3.05, 3.63) is 4.88 Å². The Morgan fingerprint density at radius 2 is 1.95 bits per heavy atom. The van der Waals surface area contributed by atoms with Crippen molar-refractivity contribution in [1.82, 2.24) is 9.88 Å². The van der Waals surface area contributed by atoms with Crippen LogP contribution in [0.1, 0.15) is 42.3 Å². The van der Waals surface area contributed by atoms with Gasteiger partial charge in [-0.15, -0.1) is 0 Å². The fourth-order valence-corrected chi connectivity index (χ4v) is 3.24. The molecule has 0 aromatic carbocycles. The van der Waals surface area contributed by atoms with Crippen molar-refractivity contribution >= 4 is 28.2 Å². The van der Waals surface area contributed by atoms with Gasteiger partial charge < -0.3 is 16.0 Å². The van der Waals surface area contributed by atoms with Gasteiger partial charge >= 0.3 is 0 Å². The maximum atomic E-state index is 12.7. The third-order valence-electron chi connectivity index (χ3n) is 3.81. The molecule has 0 bridgehead atoms. The van der Waals surface area contributed by atoms with Gasteiger partial charge in [-0.05, 0) is 44.4 Å². The Balaban J connectivity index is 1.72. The minimum absolute atomic E-state index is 0.0722. The Kier molecular flexibility index (Phi) is 3.83. The summed E-state index contributed by atoms with van der Waals surface area (Å²) in [4.78, 5) is 19.5. The van der Waals surface area contributed by atoms with E-state index in [9.17, 15) is 4.79 Å². The van der Waals surface area contributed by atoms with E-state index in [2.05, 4.69) is 10.3 Å². The van der Waals surface area contributed by atoms with E-state index in [1.165, 1.54) is 37.0 Å². The van der Waals surface area contributed by atoms with Gasteiger partial charge in [0.1, 0.15) is 10.7 Å². The molecule has 0 radical (unpaired) electrons. The third-order valence-corrected chi connectivity index (χ3v) is 4.83. The fourth-order valence-electron chi connectivity index (χ4n) is 2.32. The molecule has 110 valence electrons. The zero-order valence-corrected chi connectivity index (χ0v) is 12.7. The Morgan fingerprint density at radius 3 is 2.45 bits per heavy atom. The number of thiazole rings is 1. The van der Waals surface area contributed by atoms with Crippen molar-refractivity contribution in [3.63, 3.8) is 0 Å². The topological polar surface area (TPSA) is 71.2 Å². The first-order valence-corrected chi connectivity index (χ1v) is 8.28. The lowest BCUT2D eigenvalue weighted by atomic mass is 10.3. The molecule has 1 aromatic rings. The van der Waals surface area contributed by atoms with Crippen molar-refractivity contribution in [2.75, 3.05) is 30.7 Å². The molecule has 2 fully saturated rings. The second kappa shape index (κ2) is 5.60. The molecule has 5 nitrogen and oxygen atoms in total. The summed E-state index contributed by atoms with van der Waals surface area (Å²) in [5, 5.41) is 3.87. The van der Waals surface area contributed by atoms with Crippen molar-refractivity contribution in [3.8, 4) is 0 Å². The van der Waals surface area contributed by atoms with Gasteiger partial charge in [0, 0.05) is 19.6 Å². The summed E-state index contributed by atoms with van der Waals surface area (Å²) in [7, 11) is 0. The fraction of sp³-hybridized carbons (Fsp3) is 0.714. The normalized spacial score (nSPS) is 18.1. The van der Waals surface area contributed by atoms with E-state index in [4.69, 9.17) is 5.73 Å². The molecule has 2 saturated carbocycles. The number of hydrogen-bond acceptors (Lipinski definition) is 5. The highest BCUT2D eigenvalue weighted by molar-refractivity contribution is 7.18. The lowest BCUT2D eigenvalue weighted by molar-refractivity contribution is 0.0745. The molecular formula is C14H22N4OS. The van der Waals surface area contributed by atoms with Gasteiger partial charge in [0.25, 0.3) is 5.91 Å². The van der Waals surface area contributed by atoms with Gasteiger partial charge in [0.15, 0.2) is 5.13 Å². The van der Waals surface area contributed by atoms with E-state index in [1.54, 1.807) is 0 Å². The van der Waals surface area contributed by atoms with Crippen LogP contribution in [0, 0.1) is 11.8 Å². The number of hydrogen-bond donors (Lipinski definition) is 2. The van der Waals surface area contributed by atoms with Gasteiger partial charge in [-0.3, -0.25) is 4.79 Å². The molecule has 0 atom stereocenters. The number of aromatic nitrogens is 1. The Labute approximate surface area is 123 Å². The van der Waals surface area contributed by atoms with E-state index in [1.807, 2.05) is 11.8 Å². The minimum atomic E-state index is 0.0722. The molecule has 0 aliphatic heterocycles. The second-order valence-electron chi connectivity index (χ2n) is 5.86. The zero-order valence-electron chi connectivity index (χ0n) is 11.9. The van der Waals surface area contributed by atoms with Gasteiger partial charge in [-0.25, -0.2) is 4.98 Å². The van der Waals surface area contributed by atoms with Crippen molar-refractivity contribution < 1.29 is 4.79 Å². The van der Waals surface area contributed by atoms with Crippen LogP contribution in [0.3, 0.4) is 0 Å². The first kappa shape index (κ1) is 13.7. The van der Waals surface area contributed by atoms with Crippen LogP contribution in [0.2, 0.25) is 0 Å². The van der Waals surface area contributed by atoms with E-state index in [0.29, 0.717) is 22.5 Å². The molecule has 2 aliphatic carbocycles. The van der Waals surface area contributed by atoms with Crippen LogP contribution >= 0.6 is 11.3 Å². The van der Waals surface area contributed by atoms with Gasteiger partial charge in [0.2, 0.25) is 0 Å². The SMILES string of the molecule is CCNc1nc(N)c(C(=O)N(CC2CC2)CC2CC2)s1. The first-order chi connectivity index (χ1) is 9.67. The number of nitrogens with zero attached hydrogens (tertiary/aromatic N) is 2. The number of nitrogens with two attached hydrogens (primary N) is 1. The molecule has 6 heteroatoms. The standard InChI is InChI=1S/C14H22N4OS/c1-2-16-14-17-12(15)11(20-14)13(19)18(7-9-3-4-9)8-10-5-6-10/h9-10H,2-8,15H2,1H3,(H,16,17). The summed E-state index contributed by atoms with van der Waals surface area (Å²) in [6.45, 7) is 4.58. The van der Waals surface area contributed by atoms with Gasteiger partial charge in [-0.2, -0.15) is 0 Å². The average molecular weight is 294 g/mol. The van der Waals surface area contributed by atoms with E-state index < -0.39 is 0 Å². The predicted molar refractivity (Wildman–Crippen MR) is 82.0 cm³/mol. The largest absolute Gasteiger partial charge is 0.382 e. The van der Waals surface area contributed by atoms with Crippen LogP contribution in [0.25, 0.3) is 0 Å². The summed E-state index contributed by atoms with van der Waals surface area (Å²) in [6, 6.07) is 0. The predicted octanol–water partition coefficient (Wildman–Crippen LogP) is 2.42. The number of nitrogens with one attached hydrogen (secondary N) is 1. The maximum absolute atomic E-state index is 12.7. The van der Waals surface area contributed by atoms with Gasteiger partial charge in [0.05, 0.1) is 0 Å². The summed E-state index contributed by atoms with van der Waals surface area (Å²) >= 11 is 1.38. The first-order valence-electron chi connectivity index (χ1n) is 7.46. The smallest absolute Gasteiger partial charge is 0.267 e. The highest BCUT2D eigenvalue weighted by Crippen LogP contribution is 2.35. The quantitative estimate of drug-likeness (QED) is 0.810. The summed E-state index contributed by atoms with van der Waals surface area (Å²) in [5.74, 6) is 1.86. The molecular weight excluding hydrogens is 272 g/mol. The molecule has 1 heterocycles. The van der Waals surface area contributed by atoms with Crippen molar-refractivity contribution in [2.24, 2.45) is 11.8 Å². The highest BCUT2D eigenvalue weighted by Gasteiger charge is 2.33. The molecule has 3 rings (SSSR count). The van der Waals surface area contributed by atoms with Crippen LogP contribution in [-0.2, 0) is 0 Å². The Hall–Kier alpha value is -1.30. The number of carbonyl (C=O) groups is 1. The van der Waals surface area contributed by atoms with E-state index >= 15 is 0 Å². The van der Waals surface area contributed by atoms with Crippen LogP contribution in [0.4, 0.5) is 10.9 Å². The van der Waals surface area contributed by atoms with Crippen LogP contribution in [0.15, 0.2) is 0 Å². The second-order valence-corrected chi connectivity index (χ2v) is 6.86. The number of rotatable bonds is 7. The average Bonchev–Trinajstić information content (AvgIpc) is 3.31. The van der Waals surface area contributed by atoms with E-state index in [-0.39, 0.29) is 5.91 Å². The van der Waals surface area contributed by atoms with Crippen molar-refractivity contribution in [1.29, 1.82) is 0 Å². The van der Waals surface area contributed by atoms with Gasteiger partial charge in [-0.1, -0.05) is 11.3 Å². The number of amides is 1. The van der Waals surface area contributed by atoms with Crippen LogP contribution in [-0.4, -0.2) is 35.4 Å². The summed E-state index contributed by atoms with van der Waals surface area (Å²) in [5.41, 5.74) is 5.92. The molecule has 0 unspecified atom stereocenters. The molecule has 0 spiro atoms. The van der Waals surface area contributed by atoms with Crippen LogP contribution < -0.4 is 11.1 Å². The van der Waals surface area contributed by atoms with Crippen molar-refractivity contribution in [2.45, 2.75) is 32.6 Å². The number of anilines is 2. The molecule has 1 amide bonds. The highest BCUT2D eigenvalue weighted by atomic mass is 32.1. The molecule has 2 aliphatic rings. The summed E-state index contributed by atoms with van der Waals surface area (Å²) < 4.78 is 0. The molecule has 1 aromatic heterocycles. The lowest BCUT2D eigenvalue weighted by Gasteiger charge is -2.21. The lowest BCUT2D eigenvalue weighted by Crippen LogP contribution is -2.34. The third kappa shape index (κ3) is 3.23. The number of nitrogen functional groups attached to an aromatic ring is 1. The molecule has 3 N–H and O–H groups in total. The van der Waals surface area contributed by atoms with Crippen LogP contribution in [0.5, 0.6) is 0 Å². The molecule has 0 saturated heterocycles. The minimum Gasteiger partial charge on any atom is -0.382 e. The van der Waals surface area contributed by atoms with E-state index in [0.717, 1.165) is 24.8 Å². The molecule has 20 heavy (non-hydrogen) atoms. The Bertz CT molecular complexity index is 479. The monoisotopic (exact) mass is 294 g/mol. The zero-order chi connectivity index (χ0) is 14.1. The number of carbonyl (C=O) groups excluding carboxylic acids is 1. The maximum Gasteiger partial charge on any atom is 0.267 e. The Morgan fingerprint density at radius 1 is 1.35 bits per heavy atom.